The van der Waals surface area contributed by atoms with Gasteiger partial charge in [-0.25, -0.2) is 4.79 Å². The maximum Gasteiger partial charge on any atom is 0.416 e. The van der Waals surface area contributed by atoms with Gasteiger partial charge in [0.25, 0.3) is 5.91 Å². The van der Waals surface area contributed by atoms with Crippen molar-refractivity contribution in [2.75, 3.05) is 6.54 Å². The number of nitrogens with zero attached hydrogens (tertiary/aromatic N) is 1. The van der Waals surface area contributed by atoms with E-state index >= 15 is 0 Å². The van der Waals surface area contributed by atoms with E-state index in [1.165, 1.54) is 25.1 Å². The predicted octanol–water partition coefficient (Wildman–Crippen LogP) is 2.47. The number of benzene rings is 1. The Hall–Kier alpha value is -2.58. The number of hydrogen-bond acceptors (Lipinski definition) is 4. The molecule has 3 amide bonds. The first-order valence-electron chi connectivity index (χ1n) is 7.53. The molecule has 1 unspecified atom stereocenters. The van der Waals surface area contributed by atoms with Gasteiger partial charge in [-0.05, 0) is 19.4 Å². The summed E-state index contributed by atoms with van der Waals surface area (Å²) in [5.74, 6) is -1.55. The van der Waals surface area contributed by atoms with Crippen molar-refractivity contribution in [3.63, 3.8) is 0 Å². The van der Waals surface area contributed by atoms with Gasteiger partial charge in [0.1, 0.15) is 18.7 Å². The topological polar surface area (TPSA) is 75.7 Å². The van der Waals surface area contributed by atoms with Gasteiger partial charge >= 0.3 is 18.2 Å². The third kappa shape index (κ3) is 3.92. The summed E-state index contributed by atoms with van der Waals surface area (Å²) >= 11 is 0. The highest BCUT2D eigenvalue weighted by Gasteiger charge is 2.47. The van der Waals surface area contributed by atoms with E-state index < -0.39 is 48.3 Å². The molecule has 0 aromatic heterocycles. The van der Waals surface area contributed by atoms with Crippen molar-refractivity contribution in [1.82, 2.24) is 10.2 Å². The van der Waals surface area contributed by atoms with Gasteiger partial charge in [-0.2, -0.15) is 13.2 Å². The molecule has 136 valence electrons. The number of halogens is 3. The minimum atomic E-state index is -4.57. The summed E-state index contributed by atoms with van der Waals surface area (Å²) in [5, 5.41) is 2.47. The lowest BCUT2D eigenvalue weighted by molar-refractivity contribution is -0.150. The highest BCUT2D eigenvalue weighted by molar-refractivity contribution is 6.08. The summed E-state index contributed by atoms with van der Waals surface area (Å²) in [5.41, 5.74) is -2.21. The van der Waals surface area contributed by atoms with E-state index in [0.29, 0.717) is 11.3 Å². The molecular weight excluding hydrogens is 341 g/mol. The van der Waals surface area contributed by atoms with E-state index in [2.05, 4.69) is 5.32 Å². The zero-order valence-corrected chi connectivity index (χ0v) is 13.6. The number of amides is 3. The van der Waals surface area contributed by atoms with Crippen molar-refractivity contribution >= 4 is 17.9 Å². The van der Waals surface area contributed by atoms with Crippen molar-refractivity contribution in [2.45, 2.75) is 38.6 Å². The fourth-order valence-electron chi connectivity index (χ4n) is 2.39. The number of alkyl halides is 3. The lowest BCUT2D eigenvalue weighted by atomic mass is 9.99. The Morgan fingerprint density at radius 1 is 1.28 bits per heavy atom. The van der Waals surface area contributed by atoms with Gasteiger partial charge in [0.2, 0.25) is 0 Å². The quantitative estimate of drug-likeness (QED) is 0.648. The largest absolute Gasteiger partial charge is 0.459 e. The van der Waals surface area contributed by atoms with Gasteiger partial charge in [-0.1, -0.05) is 25.1 Å². The molecule has 2 rings (SSSR count). The average molecular weight is 358 g/mol. The number of carbonyl (C=O) groups is 3. The van der Waals surface area contributed by atoms with E-state index in [9.17, 15) is 27.6 Å². The van der Waals surface area contributed by atoms with Crippen molar-refractivity contribution in [2.24, 2.45) is 0 Å². The van der Waals surface area contributed by atoms with Gasteiger partial charge in [0.15, 0.2) is 0 Å². The molecule has 0 radical (unpaired) electrons. The minimum Gasteiger partial charge on any atom is -0.459 e. The van der Waals surface area contributed by atoms with E-state index in [1.807, 2.05) is 0 Å². The Bertz CT molecular complexity index is 705. The van der Waals surface area contributed by atoms with Crippen LogP contribution in [0.5, 0.6) is 0 Å². The van der Waals surface area contributed by atoms with Crippen LogP contribution in [0.3, 0.4) is 0 Å². The highest BCUT2D eigenvalue weighted by atomic mass is 19.4. The summed E-state index contributed by atoms with van der Waals surface area (Å²) in [6.45, 7) is 1.96. The lowest BCUT2D eigenvalue weighted by Gasteiger charge is -2.19. The smallest absolute Gasteiger partial charge is 0.416 e. The third-order valence-electron chi connectivity index (χ3n) is 4.05. The molecule has 25 heavy (non-hydrogen) atoms. The Kier molecular flexibility index (Phi) is 5.05. The van der Waals surface area contributed by atoms with Crippen molar-refractivity contribution < 1.29 is 32.3 Å². The number of esters is 1. The summed E-state index contributed by atoms with van der Waals surface area (Å²) in [4.78, 5) is 36.5. The third-order valence-corrected chi connectivity index (χ3v) is 4.05. The zero-order valence-electron chi connectivity index (χ0n) is 13.6. The SMILES string of the molecule is CCC1(C)NC(=O)N(CC(=O)OCc2ccccc2C(F)(F)F)C1=O. The number of imide groups is 1. The van der Waals surface area contributed by atoms with Crippen LogP contribution in [0.4, 0.5) is 18.0 Å². The number of urea groups is 1. The second-order valence-corrected chi connectivity index (χ2v) is 5.82. The molecule has 1 N–H and O–H groups in total. The number of rotatable bonds is 5. The zero-order chi connectivity index (χ0) is 18.8. The van der Waals surface area contributed by atoms with E-state index in [4.69, 9.17) is 4.74 Å². The molecule has 1 aliphatic heterocycles. The number of nitrogens with one attached hydrogen (secondary N) is 1. The first kappa shape index (κ1) is 18.8. The van der Waals surface area contributed by atoms with Crippen molar-refractivity contribution in [3.8, 4) is 0 Å². The summed E-state index contributed by atoms with van der Waals surface area (Å²) in [6.07, 6.45) is -4.24. The fraction of sp³-hybridized carbons (Fsp3) is 0.438. The molecule has 1 aliphatic rings. The fourth-order valence-corrected chi connectivity index (χ4v) is 2.39. The molecular formula is C16H17F3N2O4. The average Bonchev–Trinajstić information content (AvgIpc) is 2.76. The molecule has 6 nitrogen and oxygen atoms in total. The van der Waals surface area contributed by atoms with Crippen LogP contribution < -0.4 is 5.32 Å². The molecule has 0 spiro atoms. The predicted molar refractivity (Wildman–Crippen MR) is 80.2 cm³/mol. The number of ether oxygens (including phenoxy) is 1. The van der Waals surface area contributed by atoms with E-state index in [1.54, 1.807) is 6.92 Å². The van der Waals surface area contributed by atoms with Crippen LogP contribution in [0, 0.1) is 0 Å². The molecule has 0 bridgehead atoms. The molecule has 1 saturated heterocycles. The van der Waals surface area contributed by atoms with Crippen LogP contribution in [0.2, 0.25) is 0 Å². The molecule has 1 atom stereocenters. The standard InChI is InChI=1S/C16H17F3N2O4/c1-3-15(2)13(23)21(14(24)20-15)8-12(22)25-9-10-6-4-5-7-11(10)16(17,18)19/h4-7H,3,8-9H2,1-2H3,(H,20,24). The monoisotopic (exact) mass is 358 g/mol. The summed E-state index contributed by atoms with van der Waals surface area (Å²) in [6, 6.07) is 3.96. The van der Waals surface area contributed by atoms with Gasteiger partial charge in [-0.15, -0.1) is 0 Å². The van der Waals surface area contributed by atoms with Crippen molar-refractivity contribution in [1.29, 1.82) is 0 Å². The second kappa shape index (κ2) is 6.73. The summed E-state index contributed by atoms with van der Waals surface area (Å²) in [7, 11) is 0. The first-order valence-corrected chi connectivity index (χ1v) is 7.53. The van der Waals surface area contributed by atoms with Crippen LogP contribution in [0.1, 0.15) is 31.4 Å². The Morgan fingerprint density at radius 3 is 2.48 bits per heavy atom. The maximum absolute atomic E-state index is 12.9. The first-order chi connectivity index (χ1) is 11.6. The number of carbonyl (C=O) groups excluding carboxylic acids is 3. The Morgan fingerprint density at radius 2 is 1.92 bits per heavy atom. The van der Waals surface area contributed by atoms with Crippen LogP contribution >= 0.6 is 0 Å². The normalized spacial score (nSPS) is 20.6. The minimum absolute atomic E-state index is 0.209. The molecule has 0 aliphatic carbocycles. The van der Waals surface area contributed by atoms with E-state index in [0.717, 1.165) is 6.07 Å². The van der Waals surface area contributed by atoms with E-state index in [-0.39, 0.29) is 5.56 Å². The second-order valence-electron chi connectivity index (χ2n) is 5.82. The van der Waals surface area contributed by atoms with Crippen molar-refractivity contribution in [3.05, 3.63) is 35.4 Å². The van der Waals surface area contributed by atoms with Crippen LogP contribution in [0.25, 0.3) is 0 Å². The molecule has 1 aromatic rings. The van der Waals surface area contributed by atoms with Gasteiger partial charge in [0, 0.05) is 5.56 Å². The van der Waals surface area contributed by atoms with Crippen LogP contribution in [-0.2, 0) is 27.1 Å². The lowest BCUT2D eigenvalue weighted by Crippen LogP contribution is -2.43. The number of hydrogen-bond donors (Lipinski definition) is 1. The van der Waals surface area contributed by atoms with Crippen LogP contribution in [-0.4, -0.2) is 34.9 Å². The molecule has 1 aromatic carbocycles. The van der Waals surface area contributed by atoms with Crippen LogP contribution in [0.15, 0.2) is 24.3 Å². The molecule has 0 saturated carbocycles. The molecule has 1 fully saturated rings. The molecule has 9 heteroatoms. The Balaban J connectivity index is 2.01. The van der Waals surface area contributed by atoms with Gasteiger partial charge < -0.3 is 10.1 Å². The van der Waals surface area contributed by atoms with Gasteiger partial charge in [-0.3, -0.25) is 14.5 Å². The highest BCUT2D eigenvalue weighted by Crippen LogP contribution is 2.32. The summed E-state index contributed by atoms with van der Waals surface area (Å²) < 4.78 is 43.5. The Labute approximate surface area is 141 Å². The molecule has 1 heterocycles. The maximum atomic E-state index is 12.9. The van der Waals surface area contributed by atoms with Gasteiger partial charge in [0.05, 0.1) is 5.56 Å².